The van der Waals surface area contributed by atoms with Crippen molar-refractivity contribution < 1.29 is 4.42 Å². The molecule has 10 aromatic carbocycles. The molecule has 0 atom stereocenters. The molecule has 1 aliphatic carbocycles. The molecule has 286 valence electrons. The monoisotopic (exact) mass is 777 g/mol. The number of fused-ring (bicyclic) bond motifs is 7. The maximum absolute atomic E-state index is 6.30. The third-order valence-electron chi connectivity index (χ3n) is 12.7. The van der Waals surface area contributed by atoms with E-state index in [0.29, 0.717) is 0 Å². The molecule has 2 heteroatoms. The molecular weight excluding hydrogens is 739 g/mol. The zero-order valence-corrected chi connectivity index (χ0v) is 33.4. The van der Waals surface area contributed by atoms with Crippen LogP contribution in [0.25, 0.3) is 66.1 Å². The van der Waals surface area contributed by atoms with Gasteiger partial charge in [0, 0.05) is 27.8 Å². The van der Waals surface area contributed by atoms with Gasteiger partial charge in [-0.15, -0.1) is 0 Å². The van der Waals surface area contributed by atoms with Gasteiger partial charge in [0.1, 0.15) is 11.2 Å². The van der Waals surface area contributed by atoms with Crippen LogP contribution in [0.5, 0.6) is 0 Å². The summed E-state index contributed by atoms with van der Waals surface area (Å²) in [6.07, 6.45) is 0. The molecule has 0 N–H and O–H groups in total. The van der Waals surface area contributed by atoms with Crippen molar-refractivity contribution in [3.05, 3.63) is 259 Å². The smallest absolute Gasteiger partial charge is 0.136 e. The Bertz CT molecular complexity index is 3370. The first kappa shape index (κ1) is 35.0. The summed E-state index contributed by atoms with van der Waals surface area (Å²) in [5.41, 5.74) is 16.8. The normalized spacial score (nSPS) is 12.7. The molecule has 12 rings (SSSR count). The van der Waals surface area contributed by atoms with E-state index in [4.69, 9.17) is 4.42 Å². The van der Waals surface area contributed by atoms with Gasteiger partial charge in [-0.05, 0) is 115 Å². The minimum Gasteiger partial charge on any atom is -0.456 e. The fourth-order valence-electron chi connectivity index (χ4n) is 10.1. The molecule has 1 aromatic heterocycles. The maximum atomic E-state index is 6.30. The Morgan fingerprint density at radius 1 is 0.328 bits per heavy atom. The molecule has 0 radical (unpaired) electrons. The van der Waals surface area contributed by atoms with Crippen molar-refractivity contribution >= 4 is 49.8 Å². The zero-order chi connectivity index (χ0) is 40.3. The third kappa shape index (κ3) is 5.50. The first-order valence-electron chi connectivity index (χ1n) is 21.0. The fourth-order valence-corrected chi connectivity index (χ4v) is 10.1. The van der Waals surface area contributed by atoms with Gasteiger partial charge in [0.2, 0.25) is 0 Å². The van der Waals surface area contributed by atoms with Gasteiger partial charge in [-0.2, -0.15) is 0 Å². The number of nitrogens with zero attached hydrogens (tertiary/aromatic N) is 1. The van der Waals surface area contributed by atoms with Crippen molar-refractivity contribution in [3.63, 3.8) is 0 Å². The largest absolute Gasteiger partial charge is 0.456 e. The molecule has 0 saturated carbocycles. The number of para-hydroxylation sites is 1. The molecule has 1 aliphatic rings. The van der Waals surface area contributed by atoms with Gasteiger partial charge in [-0.25, -0.2) is 0 Å². The number of anilines is 3. The topological polar surface area (TPSA) is 16.4 Å². The molecule has 61 heavy (non-hydrogen) atoms. The molecular formula is C59H39NO. The van der Waals surface area contributed by atoms with E-state index in [1.54, 1.807) is 0 Å². The number of hydrogen-bond acceptors (Lipinski definition) is 2. The van der Waals surface area contributed by atoms with Crippen LogP contribution in [0.4, 0.5) is 17.1 Å². The number of furan rings is 1. The van der Waals surface area contributed by atoms with E-state index in [1.165, 1.54) is 55.3 Å². The lowest BCUT2D eigenvalue weighted by atomic mass is 9.67. The van der Waals surface area contributed by atoms with Crippen molar-refractivity contribution in [1.82, 2.24) is 0 Å². The minimum atomic E-state index is -0.517. The molecule has 0 unspecified atom stereocenters. The van der Waals surface area contributed by atoms with Crippen LogP contribution < -0.4 is 4.90 Å². The van der Waals surface area contributed by atoms with Crippen molar-refractivity contribution in [2.45, 2.75) is 5.41 Å². The van der Waals surface area contributed by atoms with Gasteiger partial charge in [0.25, 0.3) is 0 Å². The van der Waals surface area contributed by atoms with Crippen molar-refractivity contribution in [1.29, 1.82) is 0 Å². The number of benzene rings is 10. The van der Waals surface area contributed by atoms with Gasteiger partial charge in [-0.3, -0.25) is 0 Å². The minimum absolute atomic E-state index is 0.517. The molecule has 0 saturated heterocycles. The number of rotatable bonds is 7. The summed E-state index contributed by atoms with van der Waals surface area (Å²) in [5, 5.41) is 4.74. The van der Waals surface area contributed by atoms with E-state index in [9.17, 15) is 0 Å². The van der Waals surface area contributed by atoms with Gasteiger partial charge in [0.15, 0.2) is 0 Å². The van der Waals surface area contributed by atoms with Crippen molar-refractivity contribution in [2.24, 2.45) is 0 Å². The molecule has 11 aromatic rings. The van der Waals surface area contributed by atoms with E-state index >= 15 is 0 Å². The Hall–Kier alpha value is -7.94. The Labute approximate surface area is 355 Å². The van der Waals surface area contributed by atoms with E-state index in [0.717, 1.165) is 50.1 Å². The van der Waals surface area contributed by atoms with E-state index < -0.39 is 5.41 Å². The number of hydrogen-bond donors (Lipinski definition) is 0. The summed E-state index contributed by atoms with van der Waals surface area (Å²) >= 11 is 0. The Balaban J connectivity index is 1.08. The molecule has 0 fully saturated rings. The SMILES string of the molecule is c1ccc(C2(c3ccccc3)c3ccccc3-c3ccc(N(c4ccc(-c5cccc6oc7ccccc7c56)cc4)c4cccc(-c5cccc6ccccc56)c4)cc32)cc1. The van der Waals surface area contributed by atoms with Crippen LogP contribution in [0.15, 0.2) is 241 Å². The van der Waals surface area contributed by atoms with E-state index in [1.807, 2.05) is 12.1 Å². The third-order valence-corrected chi connectivity index (χ3v) is 12.7. The maximum Gasteiger partial charge on any atom is 0.136 e. The second-order valence-corrected chi connectivity index (χ2v) is 16.0. The van der Waals surface area contributed by atoms with Crippen LogP contribution in [0, 0.1) is 0 Å². The summed E-state index contributed by atoms with van der Waals surface area (Å²) in [6, 6.07) is 86.1. The zero-order valence-electron chi connectivity index (χ0n) is 33.4. The average Bonchev–Trinajstić information content (AvgIpc) is 3.86. The highest BCUT2D eigenvalue weighted by Gasteiger charge is 2.46. The van der Waals surface area contributed by atoms with Crippen LogP contribution in [0.2, 0.25) is 0 Å². The summed E-state index contributed by atoms with van der Waals surface area (Å²) in [7, 11) is 0. The predicted molar refractivity (Wildman–Crippen MR) is 254 cm³/mol. The summed E-state index contributed by atoms with van der Waals surface area (Å²) in [4.78, 5) is 2.43. The molecule has 0 aliphatic heterocycles. The van der Waals surface area contributed by atoms with Gasteiger partial charge in [-0.1, -0.05) is 188 Å². The second kappa shape index (κ2) is 14.1. The van der Waals surface area contributed by atoms with Gasteiger partial charge >= 0.3 is 0 Å². The van der Waals surface area contributed by atoms with Crippen molar-refractivity contribution in [3.8, 4) is 33.4 Å². The highest BCUT2D eigenvalue weighted by Crippen LogP contribution is 2.57. The quantitative estimate of drug-likeness (QED) is 0.160. The van der Waals surface area contributed by atoms with Crippen LogP contribution in [-0.2, 0) is 5.41 Å². The summed E-state index contributed by atoms with van der Waals surface area (Å²) < 4.78 is 6.30. The van der Waals surface area contributed by atoms with E-state index in [-0.39, 0.29) is 0 Å². The van der Waals surface area contributed by atoms with Gasteiger partial charge in [0.05, 0.1) is 5.41 Å². The molecule has 1 heterocycles. The van der Waals surface area contributed by atoms with Crippen LogP contribution in [0.3, 0.4) is 0 Å². The molecule has 0 amide bonds. The lowest BCUT2D eigenvalue weighted by molar-refractivity contribution is 0.669. The fraction of sp³-hybridized carbons (Fsp3) is 0.0169. The Morgan fingerprint density at radius 2 is 0.902 bits per heavy atom. The van der Waals surface area contributed by atoms with Crippen molar-refractivity contribution in [2.75, 3.05) is 4.90 Å². The highest BCUT2D eigenvalue weighted by atomic mass is 16.3. The Kier molecular flexibility index (Phi) is 8.11. The molecule has 0 spiro atoms. The second-order valence-electron chi connectivity index (χ2n) is 16.0. The molecule has 0 bridgehead atoms. The van der Waals surface area contributed by atoms with Crippen LogP contribution >= 0.6 is 0 Å². The predicted octanol–water partition coefficient (Wildman–Crippen LogP) is 15.9. The van der Waals surface area contributed by atoms with E-state index in [2.05, 4.69) is 229 Å². The lowest BCUT2D eigenvalue weighted by Gasteiger charge is -2.35. The Morgan fingerprint density at radius 3 is 1.72 bits per heavy atom. The first-order chi connectivity index (χ1) is 30.3. The lowest BCUT2D eigenvalue weighted by Crippen LogP contribution is -2.28. The standard InChI is InChI=1S/C59H39NO/c1-3-19-43(20-4-1)59(44-21-5-2-6-22-44)54-29-11-9-25-51(54)52-37-36-47(39-55(52)59)60(46-23-13-18-42(38-46)49-27-14-17-40-16-7-8-24-48(40)49)45-34-32-41(33-35-45)50-28-15-31-57-58(50)53-26-10-12-30-56(53)61-57/h1-39H. The molecule has 2 nitrogen and oxygen atoms in total. The average molecular weight is 778 g/mol. The van der Waals surface area contributed by atoms with Crippen LogP contribution in [-0.4, -0.2) is 0 Å². The highest BCUT2D eigenvalue weighted by molar-refractivity contribution is 6.12. The summed E-state index contributed by atoms with van der Waals surface area (Å²) in [5.74, 6) is 0. The van der Waals surface area contributed by atoms with Crippen LogP contribution in [0.1, 0.15) is 22.3 Å². The summed E-state index contributed by atoms with van der Waals surface area (Å²) in [6.45, 7) is 0. The first-order valence-corrected chi connectivity index (χ1v) is 21.0. The van der Waals surface area contributed by atoms with Gasteiger partial charge < -0.3 is 9.32 Å².